The van der Waals surface area contributed by atoms with Crippen LogP contribution in [0.2, 0.25) is 0 Å². The number of benzene rings is 2. The largest absolute Gasteiger partial charge is 0.496 e. The van der Waals surface area contributed by atoms with Crippen LogP contribution >= 0.6 is 7.60 Å². The second-order valence-electron chi connectivity index (χ2n) is 9.01. The Balaban J connectivity index is 2.31. The summed E-state index contributed by atoms with van der Waals surface area (Å²) in [6.45, 7) is 5.58. The van der Waals surface area contributed by atoms with Crippen molar-refractivity contribution in [1.29, 1.82) is 0 Å². The van der Waals surface area contributed by atoms with Gasteiger partial charge in [0.2, 0.25) is 0 Å². The molecular weight excluding hydrogens is 489 g/mol. The Morgan fingerprint density at radius 3 is 2.43 bits per heavy atom. The number of nitrogens with zero attached hydrogens (tertiary/aromatic N) is 1. The molecule has 0 bridgehead atoms. The second-order valence-corrected chi connectivity index (χ2v) is 12.8. The van der Waals surface area contributed by atoms with Crippen molar-refractivity contribution in [3.05, 3.63) is 59.2 Å². The van der Waals surface area contributed by atoms with Gasteiger partial charge in [-0.15, -0.1) is 0 Å². The summed E-state index contributed by atoms with van der Waals surface area (Å²) in [7, 11) is -6.47. The summed E-state index contributed by atoms with van der Waals surface area (Å²) in [4.78, 5) is 10.3. The molecule has 1 heterocycles. The van der Waals surface area contributed by atoms with Crippen molar-refractivity contribution in [3.63, 3.8) is 0 Å². The normalized spacial score (nSPS) is 23.8. The highest BCUT2D eigenvalue weighted by Crippen LogP contribution is 2.50. The van der Waals surface area contributed by atoms with Crippen LogP contribution in [-0.4, -0.2) is 48.6 Å². The van der Waals surface area contributed by atoms with E-state index in [0.29, 0.717) is 18.4 Å². The van der Waals surface area contributed by atoms with Crippen LogP contribution in [0.15, 0.2) is 47.4 Å². The minimum absolute atomic E-state index is 0.0320. The Kier molecular flexibility index (Phi) is 8.84. The monoisotopic (exact) mass is 525 g/mol. The van der Waals surface area contributed by atoms with Crippen molar-refractivity contribution in [1.82, 2.24) is 5.06 Å². The number of hydrogen-bond donors (Lipinski definition) is 2. The topological polar surface area (TPSA) is 113 Å². The molecule has 2 aromatic carbocycles. The molecular formula is C25H36NO7PS. The summed E-state index contributed by atoms with van der Waals surface area (Å²) in [6, 6.07) is 11.5. The van der Waals surface area contributed by atoms with Crippen LogP contribution in [0.25, 0.3) is 0 Å². The van der Waals surface area contributed by atoms with E-state index in [1.807, 2.05) is 44.2 Å². The first-order valence-electron chi connectivity index (χ1n) is 12.0. The maximum absolute atomic E-state index is 13.9. The first kappa shape index (κ1) is 27.8. The Morgan fingerprint density at radius 1 is 1.17 bits per heavy atom. The summed E-state index contributed by atoms with van der Waals surface area (Å²) in [5, 5.41) is 13.0. The maximum Gasteiger partial charge on any atom is 0.332 e. The Bertz CT molecular complexity index is 1170. The SMILES string of the molecule is CCCC[C@]1(CC)CS(=O)(=O)c2cc(CP(=O)(O)OCC)c(OC)cc2[C@@H](c2ccccc2)N1O. The molecule has 194 valence electrons. The van der Waals surface area contributed by atoms with Gasteiger partial charge in [0.25, 0.3) is 0 Å². The lowest BCUT2D eigenvalue weighted by Gasteiger charge is -2.42. The molecule has 1 aliphatic heterocycles. The van der Waals surface area contributed by atoms with Crippen molar-refractivity contribution in [2.24, 2.45) is 0 Å². The zero-order valence-corrected chi connectivity index (χ0v) is 22.5. The Morgan fingerprint density at radius 2 is 1.86 bits per heavy atom. The number of ether oxygens (including phenoxy) is 1. The number of sulfone groups is 1. The zero-order valence-electron chi connectivity index (χ0n) is 20.8. The lowest BCUT2D eigenvalue weighted by molar-refractivity contribution is -0.193. The number of methoxy groups -OCH3 is 1. The van der Waals surface area contributed by atoms with Gasteiger partial charge in [0.05, 0.1) is 42.1 Å². The zero-order chi connectivity index (χ0) is 25.9. The number of unbranched alkanes of at least 4 members (excludes halogenated alkanes) is 1. The fraction of sp³-hybridized carbons (Fsp3) is 0.520. The predicted molar refractivity (Wildman–Crippen MR) is 135 cm³/mol. The Hall–Kier alpha value is -1.74. The van der Waals surface area contributed by atoms with Gasteiger partial charge in [-0.2, -0.15) is 5.06 Å². The van der Waals surface area contributed by atoms with E-state index >= 15 is 0 Å². The average molecular weight is 526 g/mol. The summed E-state index contributed by atoms with van der Waals surface area (Å²) < 4.78 is 50.8. The number of rotatable bonds is 10. The summed E-state index contributed by atoms with van der Waals surface area (Å²) >= 11 is 0. The van der Waals surface area contributed by atoms with E-state index in [1.54, 1.807) is 13.0 Å². The van der Waals surface area contributed by atoms with Crippen LogP contribution in [0.1, 0.15) is 69.2 Å². The summed E-state index contributed by atoms with van der Waals surface area (Å²) in [6.07, 6.45) is 2.17. The molecule has 1 unspecified atom stereocenters. The van der Waals surface area contributed by atoms with Crippen molar-refractivity contribution in [2.75, 3.05) is 19.5 Å². The third-order valence-corrected chi connectivity index (χ3v) is 10.0. The molecule has 3 rings (SSSR count). The van der Waals surface area contributed by atoms with E-state index in [1.165, 1.54) is 18.2 Å². The molecule has 0 spiro atoms. The molecule has 0 fully saturated rings. The minimum atomic E-state index is -4.01. The van der Waals surface area contributed by atoms with Crippen LogP contribution < -0.4 is 4.74 Å². The van der Waals surface area contributed by atoms with Crippen molar-refractivity contribution in [3.8, 4) is 5.75 Å². The molecule has 0 amide bonds. The van der Waals surface area contributed by atoms with Crippen LogP contribution in [0.4, 0.5) is 0 Å². The standard InChI is InChI=1S/C25H36NO7PS/c1-5-8-14-25(6-2)18-35(30,31)23-15-20(17-34(28,29)33-7-3)22(32-4)16-21(23)24(26(25)27)19-12-10-9-11-13-19/h9-13,15-16,24,27H,5-8,14,17-18H2,1-4H3,(H,28,29)/t24-,25-/m1/s1. The summed E-state index contributed by atoms with van der Waals surface area (Å²) in [5.41, 5.74) is 0.372. The highest BCUT2D eigenvalue weighted by molar-refractivity contribution is 7.91. The van der Waals surface area contributed by atoms with Gasteiger partial charge < -0.3 is 19.4 Å². The fourth-order valence-electron chi connectivity index (χ4n) is 4.87. The van der Waals surface area contributed by atoms with Crippen LogP contribution in [-0.2, 0) is 25.1 Å². The lowest BCUT2D eigenvalue weighted by atomic mass is 9.87. The highest BCUT2D eigenvalue weighted by atomic mass is 32.2. The predicted octanol–water partition coefficient (Wildman–Crippen LogP) is 5.32. The smallest absolute Gasteiger partial charge is 0.332 e. The highest BCUT2D eigenvalue weighted by Gasteiger charge is 2.48. The van der Waals surface area contributed by atoms with E-state index in [4.69, 9.17) is 9.26 Å². The molecule has 0 saturated heterocycles. The quantitative estimate of drug-likeness (QED) is 0.401. The maximum atomic E-state index is 13.9. The van der Waals surface area contributed by atoms with Crippen molar-refractivity contribution < 1.29 is 32.3 Å². The van der Waals surface area contributed by atoms with Gasteiger partial charge in [0.1, 0.15) is 5.75 Å². The van der Waals surface area contributed by atoms with Gasteiger partial charge in [-0.25, -0.2) is 8.42 Å². The summed E-state index contributed by atoms with van der Waals surface area (Å²) in [5.74, 6) is -0.00280. The van der Waals surface area contributed by atoms with Gasteiger partial charge in [0, 0.05) is 5.56 Å². The van der Waals surface area contributed by atoms with Gasteiger partial charge in [-0.3, -0.25) is 4.57 Å². The van der Waals surface area contributed by atoms with Gasteiger partial charge in [-0.05, 0) is 43.0 Å². The fourth-order valence-corrected chi connectivity index (χ4v) is 8.24. The van der Waals surface area contributed by atoms with E-state index in [-0.39, 0.29) is 34.7 Å². The van der Waals surface area contributed by atoms with Crippen LogP contribution in [0.3, 0.4) is 0 Å². The molecule has 0 saturated carbocycles. The van der Waals surface area contributed by atoms with E-state index in [0.717, 1.165) is 18.4 Å². The van der Waals surface area contributed by atoms with E-state index in [9.17, 15) is 23.1 Å². The molecule has 10 heteroatoms. The Labute approximate surface area is 208 Å². The molecule has 0 aliphatic carbocycles. The molecule has 3 atom stereocenters. The van der Waals surface area contributed by atoms with Crippen LogP contribution in [0, 0.1) is 0 Å². The molecule has 8 nitrogen and oxygen atoms in total. The van der Waals surface area contributed by atoms with Crippen LogP contribution in [0.5, 0.6) is 5.75 Å². The number of hydroxylamine groups is 2. The van der Waals surface area contributed by atoms with Gasteiger partial charge >= 0.3 is 7.60 Å². The molecule has 0 radical (unpaired) electrons. The van der Waals surface area contributed by atoms with Gasteiger partial charge in [0.15, 0.2) is 9.84 Å². The molecule has 35 heavy (non-hydrogen) atoms. The first-order valence-corrected chi connectivity index (χ1v) is 15.4. The third-order valence-electron chi connectivity index (χ3n) is 6.70. The van der Waals surface area contributed by atoms with E-state index < -0.39 is 29.0 Å². The van der Waals surface area contributed by atoms with Crippen molar-refractivity contribution in [2.45, 2.75) is 69.1 Å². The number of hydrogen-bond acceptors (Lipinski definition) is 7. The average Bonchev–Trinajstić information content (AvgIpc) is 2.88. The number of fused-ring (bicyclic) bond motifs is 1. The minimum Gasteiger partial charge on any atom is -0.496 e. The third kappa shape index (κ3) is 5.82. The first-order chi connectivity index (χ1) is 16.5. The second kappa shape index (κ2) is 11.1. The molecule has 2 N–H and O–H groups in total. The van der Waals surface area contributed by atoms with Crippen molar-refractivity contribution >= 4 is 17.4 Å². The lowest BCUT2D eigenvalue weighted by Crippen LogP contribution is -2.51. The van der Waals surface area contributed by atoms with E-state index in [2.05, 4.69) is 0 Å². The van der Waals surface area contributed by atoms with Gasteiger partial charge in [-0.1, -0.05) is 57.0 Å². The molecule has 0 aromatic heterocycles. The molecule has 1 aliphatic rings. The molecule has 2 aromatic rings.